The van der Waals surface area contributed by atoms with Crippen LogP contribution in [0.5, 0.6) is 11.5 Å². The molecule has 1 aromatic rings. The third kappa shape index (κ3) is 2.76. The smallest absolute Gasteiger partial charge is 0.161 e. The number of hydrogen-bond acceptors (Lipinski definition) is 4. The average molecular weight is 279 g/mol. The Morgan fingerprint density at radius 3 is 2.40 bits per heavy atom. The molecule has 2 rings (SSSR count). The topological polar surface area (TPSA) is 53.7 Å². The van der Waals surface area contributed by atoms with Gasteiger partial charge in [-0.3, -0.25) is 0 Å². The average Bonchev–Trinajstić information content (AvgIpc) is 2.51. The Balaban J connectivity index is 2.29. The molecule has 1 unspecified atom stereocenters. The molecule has 0 amide bonds. The van der Waals surface area contributed by atoms with Crippen LogP contribution in [0.3, 0.4) is 0 Å². The number of hydrogen-bond donors (Lipinski definition) is 1. The molecule has 1 aromatic carbocycles. The molecule has 20 heavy (non-hydrogen) atoms. The molecule has 112 valence electrons. The van der Waals surface area contributed by atoms with Crippen LogP contribution < -0.4 is 15.2 Å². The summed E-state index contributed by atoms with van der Waals surface area (Å²) in [6.07, 6.45) is 1.76. The zero-order chi connectivity index (χ0) is 14.6. The number of ether oxygens (including phenoxy) is 3. The van der Waals surface area contributed by atoms with E-state index in [2.05, 4.69) is 13.8 Å². The van der Waals surface area contributed by atoms with Crippen molar-refractivity contribution in [3.05, 3.63) is 23.8 Å². The van der Waals surface area contributed by atoms with E-state index >= 15 is 0 Å². The Labute approximate surface area is 121 Å². The summed E-state index contributed by atoms with van der Waals surface area (Å²) in [7, 11) is 0. The summed E-state index contributed by atoms with van der Waals surface area (Å²) < 4.78 is 17.2. The van der Waals surface area contributed by atoms with Gasteiger partial charge in [-0.15, -0.1) is 0 Å². The normalized spacial score (nSPS) is 16.0. The summed E-state index contributed by atoms with van der Waals surface area (Å²) in [5.74, 6) is 1.57. The Hall–Kier alpha value is -1.26. The summed E-state index contributed by atoms with van der Waals surface area (Å²) in [5, 5.41) is 0. The van der Waals surface area contributed by atoms with Crippen LogP contribution in [0.25, 0.3) is 0 Å². The molecule has 4 nitrogen and oxygen atoms in total. The maximum absolute atomic E-state index is 6.49. The summed E-state index contributed by atoms with van der Waals surface area (Å²) in [5.41, 5.74) is 7.21. The monoisotopic (exact) mass is 279 g/mol. The molecule has 0 fully saturated rings. The summed E-state index contributed by atoms with van der Waals surface area (Å²) in [6, 6.07) is 5.76. The van der Waals surface area contributed by atoms with Gasteiger partial charge in [-0.2, -0.15) is 0 Å². The lowest BCUT2D eigenvalue weighted by molar-refractivity contribution is -0.0646. The van der Waals surface area contributed by atoms with Crippen molar-refractivity contribution < 1.29 is 14.2 Å². The summed E-state index contributed by atoms with van der Waals surface area (Å²) >= 11 is 0. The van der Waals surface area contributed by atoms with Crippen LogP contribution in [0.15, 0.2) is 18.2 Å². The quantitative estimate of drug-likeness (QED) is 0.869. The molecule has 0 saturated heterocycles. The fourth-order valence-electron chi connectivity index (χ4n) is 2.83. The standard InChI is InChI=1S/C16H25NO3/c1-4-16(5-2,20-6-3)15(17)12-7-8-13-14(11-12)19-10-9-18-13/h7-8,11,15H,4-6,9-10,17H2,1-3H3. The van der Waals surface area contributed by atoms with Gasteiger partial charge < -0.3 is 19.9 Å². The number of fused-ring (bicyclic) bond motifs is 1. The molecule has 4 heteroatoms. The van der Waals surface area contributed by atoms with Crippen LogP contribution in [-0.2, 0) is 4.74 Å². The SMILES string of the molecule is CCOC(CC)(CC)C(N)c1ccc2c(c1)OCCO2. The minimum atomic E-state index is -0.321. The first kappa shape index (κ1) is 15.1. The van der Waals surface area contributed by atoms with Crippen LogP contribution in [0.2, 0.25) is 0 Å². The van der Waals surface area contributed by atoms with E-state index in [1.807, 2.05) is 25.1 Å². The van der Waals surface area contributed by atoms with Gasteiger partial charge in [0.1, 0.15) is 13.2 Å². The van der Waals surface area contributed by atoms with E-state index in [0.29, 0.717) is 19.8 Å². The first-order valence-electron chi connectivity index (χ1n) is 7.46. The van der Waals surface area contributed by atoms with E-state index in [4.69, 9.17) is 19.9 Å². The van der Waals surface area contributed by atoms with E-state index in [9.17, 15) is 0 Å². The van der Waals surface area contributed by atoms with Crippen molar-refractivity contribution in [2.45, 2.75) is 45.3 Å². The van der Waals surface area contributed by atoms with E-state index < -0.39 is 0 Å². The van der Waals surface area contributed by atoms with Crippen molar-refractivity contribution in [3.63, 3.8) is 0 Å². The Morgan fingerprint density at radius 2 is 1.80 bits per heavy atom. The van der Waals surface area contributed by atoms with Gasteiger partial charge in [-0.05, 0) is 37.5 Å². The molecule has 1 aliphatic heterocycles. The lowest BCUT2D eigenvalue weighted by atomic mass is 9.84. The van der Waals surface area contributed by atoms with Crippen molar-refractivity contribution in [3.8, 4) is 11.5 Å². The molecule has 0 aliphatic carbocycles. The predicted molar refractivity (Wildman–Crippen MR) is 79.3 cm³/mol. The molecule has 1 aliphatic rings. The van der Waals surface area contributed by atoms with Crippen LogP contribution in [0, 0.1) is 0 Å². The summed E-state index contributed by atoms with van der Waals surface area (Å²) in [4.78, 5) is 0. The van der Waals surface area contributed by atoms with Gasteiger partial charge >= 0.3 is 0 Å². The maximum atomic E-state index is 6.49. The van der Waals surface area contributed by atoms with E-state index in [1.54, 1.807) is 0 Å². The van der Waals surface area contributed by atoms with Crippen molar-refractivity contribution in [1.29, 1.82) is 0 Å². The minimum Gasteiger partial charge on any atom is -0.486 e. The molecule has 0 bridgehead atoms. The molecule has 0 saturated carbocycles. The Kier molecular flexibility index (Phi) is 4.89. The zero-order valence-corrected chi connectivity index (χ0v) is 12.6. The largest absolute Gasteiger partial charge is 0.486 e. The highest BCUT2D eigenvalue weighted by Crippen LogP contribution is 2.38. The number of benzene rings is 1. The lowest BCUT2D eigenvalue weighted by Crippen LogP contribution is -2.43. The molecular weight excluding hydrogens is 254 g/mol. The fraction of sp³-hybridized carbons (Fsp3) is 0.625. The van der Waals surface area contributed by atoms with Gasteiger partial charge in [0.15, 0.2) is 11.5 Å². The van der Waals surface area contributed by atoms with E-state index in [-0.39, 0.29) is 11.6 Å². The van der Waals surface area contributed by atoms with Gasteiger partial charge in [0, 0.05) is 6.61 Å². The molecule has 0 spiro atoms. The van der Waals surface area contributed by atoms with Crippen LogP contribution >= 0.6 is 0 Å². The van der Waals surface area contributed by atoms with Crippen molar-refractivity contribution >= 4 is 0 Å². The number of rotatable bonds is 6. The second-order valence-corrected chi connectivity index (χ2v) is 5.09. The minimum absolute atomic E-state index is 0.173. The van der Waals surface area contributed by atoms with Crippen molar-refractivity contribution in [2.24, 2.45) is 5.73 Å². The van der Waals surface area contributed by atoms with Gasteiger partial charge in [-0.25, -0.2) is 0 Å². The van der Waals surface area contributed by atoms with Gasteiger partial charge in [0.2, 0.25) is 0 Å². The maximum Gasteiger partial charge on any atom is 0.161 e. The zero-order valence-electron chi connectivity index (χ0n) is 12.6. The third-order valence-corrected chi connectivity index (χ3v) is 4.12. The van der Waals surface area contributed by atoms with Crippen LogP contribution in [-0.4, -0.2) is 25.4 Å². The molecular formula is C16H25NO3. The van der Waals surface area contributed by atoms with Crippen molar-refractivity contribution in [1.82, 2.24) is 0 Å². The fourth-order valence-corrected chi connectivity index (χ4v) is 2.83. The molecule has 0 radical (unpaired) electrons. The van der Waals surface area contributed by atoms with E-state index in [0.717, 1.165) is 29.9 Å². The summed E-state index contributed by atoms with van der Waals surface area (Å²) in [6.45, 7) is 8.11. The second kappa shape index (κ2) is 6.46. The molecule has 0 aromatic heterocycles. The molecule has 1 heterocycles. The highest BCUT2D eigenvalue weighted by Gasteiger charge is 2.35. The first-order chi connectivity index (χ1) is 9.66. The predicted octanol–water partition coefficient (Wildman–Crippen LogP) is 3.05. The van der Waals surface area contributed by atoms with Gasteiger partial charge in [0.25, 0.3) is 0 Å². The molecule has 2 N–H and O–H groups in total. The highest BCUT2D eigenvalue weighted by molar-refractivity contribution is 5.45. The van der Waals surface area contributed by atoms with Crippen LogP contribution in [0.4, 0.5) is 0 Å². The Bertz CT molecular complexity index is 443. The van der Waals surface area contributed by atoms with Gasteiger partial charge in [0.05, 0.1) is 11.6 Å². The highest BCUT2D eigenvalue weighted by atomic mass is 16.6. The Morgan fingerprint density at radius 1 is 1.15 bits per heavy atom. The number of nitrogens with two attached hydrogens (primary N) is 1. The van der Waals surface area contributed by atoms with Crippen molar-refractivity contribution in [2.75, 3.05) is 19.8 Å². The first-order valence-corrected chi connectivity index (χ1v) is 7.46. The third-order valence-electron chi connectivity index (χ3n) is 4.12. The van der Waals surface area contributed by atoms with Gasteiger partial charge in [-0.1, -0.05) is 19.9 Å². The second-order valence-electron chi connectivity index (χ2n) is 5.09. The lowest BCUT2D eigenvalue weighted by Gasteiger charge is -2.37. The van der Waals surface area contributed by atoms with E-state index in [1.165, 1.54) is 0 Å². The molecule has 1 atom stereocenters. The van der Waals surface area contributed by atoms with Crippen LogP contribution in [0.1, 0.15) is 45.2 Å².